The van der Waals surface area contributed by atoms with Gasteiger partial charge in [0.25, 0.3) is 0 Å². The molecule has 0 aromatic heterocycles. The smallest absolute Gasteiger partial charge is 0.187 e. The minimum absolute atomic E-state index is 0.250. The van der Waals surface area contributed by atoms with Crippen molar-refractivity contribution in [3.63, 3.8) is 0 Å². The van der Waals surface area contributed by atoms with Crippen LogP contribution in [0.2, 0.25) is 0 Å². The molecule has 0 aliphatic heterocycles. The number of thiocarbonyl (C=S) groups is 1. The van der Waals surface area contributed by atoms with Gasteiger partial charge in [-0.1, -0.05) is 19.3 Å². The highest BCUT2D eigenvalue weighted by Crippen LogP contribution is 2.17. The Kier molecular flexibility index (Phi) is 5.15. The average Bonchev–Trinajstić information content (AvgIpc) is 2.42. The summed E-state index contributed by atoms with van der Waals surface area (Å²) in [5, 5.41) is 17.1. The zero-order chi connectivity index (χ0) is 13.5. The number of nitrogens with zero attached hydrogens (tertiary/aromatic N) is 1. The van der Waals surface area contributed by atoms with E-state index in [1.807, 2.05) is 0 Å². The van der Waals surface area contributed by atoms with Crippen LogP contribution in [-0.4, -0.2) is 22.5 Å². The van der Waals surface area contributed by atoms with Gasteiger partial charge < -0.3 is 10.4 Å². The van der Waals surface area contributed by atoms with E-state index in [0.717, 1.165) is 5.56 Å². The van der Waals surface area contributed by atoms with Gasteiger partial charge in [-0.3, -0.25) is 5.43 Å². The fourth-order valence-corrected chi connectivity index (χ4v) is 2.41. The average molecular weight is 277 g/mol. The molecule has 5 heteroatoms. The number of phenolic OH excluding ortho intramolecular Hbond substituents is 1. The van der Waals surface area contributed by atoms with Gasteiger partial charge >= 0.3 is 0 Å². The maximum atomic E-state index is 9.16. The lowest BCUT2D eigenvalue weighted by Crippen LogP contribution is -2.40. The molecule has 0 atom stereocenters. The van der Waals surface area contributed by atoms with Gasteiger partial charge in [0, 0.05) is 6.04 Å². The first-order valence-corrected chi connectivity index (χ1v) is 7.03. The molecule has 1 aromatic carbocycles. The number of nitrogens with one attached hydrogen (secondary N) is 2. The van der Waals surface area contributed by atoms with E-state index in [4.69, 9.17) is 17.3 Å². The summed E-state index contributed by atoms with van der Waals surface area (Å²) in [6.45, 7) is 0. The minimum atomic E-state index is 0.250. The van der Waals surface area contributed by atoms with Crippen LogP contribution >= 0.6 is 12.2 Å². The van der Waals surface area contributed by atoms with Crippen LogP contribution in [0.1, 0.15) is 37.7 Å². The van der Waals surface area contributed by atoms with E-state index in [9.17, 15) is 0 Å². The van der Waals surface area contributed by atoms with Gasteiger partial charge in [-0.05, 0) is 54.9 Å². The predicted octanol–water partition coefficient (Wildman–Crippen LogP) is 2.52. The second-order valence-corrected chi connectivity index (χ2v) is 5.18. The molecule has 0 heterocycles. The molecule has 1 fully saturated rings. The van der Waals surface area contributed by atoms with Gasteiger partial charge in [0.15, 0.2) is 5.11 Å². The van der Waals surface area contributed by atoms with Crippen molar-refractivity contribution in [2.45, 2.75) is 38.1 Å². The Morgan fingerprint density at radius 2 is 1.89 bits per heavy atom. The number of hydrazone groups is 1. The summed E-state index contributed by atoms with van der Waals surface area (Å²) in [5.74, 6) is 0.250. The molecule has 1 saturated carbocycles. The lowest BCUT2D eigenvalue weighted by molar-refractivity contribution is 0.412. The molecule has 1 aliphatic rings. The van der Waals surface area contributed by atoms with Gasteiger partial charge in [-0.2, -0.15) is 5.10 Å². The number of rotatable bonds is 3. The summed E-state index contributed by atoms with van der Waals surface area (Å²) < 4.78 is 0. The summed E-state index contributed by atoms with van der Waals surface area (Å²) >= 11 is 5.20. The number of aromatic hydroxyl groups is 1. The molecule has 4 nitrogen and oxygen atoms in total. The van der Waals surface area contributed by atoms with Crippen molar-refractivity contribution < 1.29 is 5.11 Å². The molecule has 19 heavy (non-hydrogen) atoms. The Labute approximate surface area is 118 Å². The topological polar surface area (TPSA) is 56.7 Å². The summed E-state index contributed by atoms with van der Waals surface area (Å²) in [7, 11) is 0. The highest BCUT2D eigenvalue weighted by atomic mass is 32.1. The molecule has 0 amide bonds. The Bertz CT molecular complexity index is 439. The largest absolute Gasteiger partial charge is 0.508 e. The third-order valence-electron chi connectivity index (χ3n) is 3.21. The molecule has 2 rings (SSSR count). The number of hydrogen-bond donors (Lipinski definition) is 3. The summed E-state index contributed by atoms with van der Waals surface area (Å²) in [6, 6.07) is 7.31. The lowest BCUT2D eigenvalue weighted by Gasteiger charge is -2.23. The standard InChI is InChI=1S/C14H19N3OS/c18-13-8-6-11(7-9-13)10-15-17-14(19)16-12-4-2-1-3-5-12/h6-10,12,18H,1-5H2,(H2,16,17,19). The molecule has 1 aliphatic carbocycles. The van der Waals surface area contributed by atoms with E-state index in [1.54, 1.807) is 30.5 Å². The van der Waals surface area contributed by atoms with Crippen molar-refractivity contribution in [2.24, 2.45) is 5.10 Å². The van der Waals surface area contributed by atoms with Crippen LogP contribution < -0.4 is 10.7 Å². The van der Waals surface area contributed by atoms with Gasteiger partial charge in [0.2, 0.25) is 0 Å². The third-order valence-corrected chi connectivity index (χ3v) is 3.42. The fraction of sp³-hybridized carbons (Fsp3) is 0.429. The molecule has 0 saturated heterocycles. The third kappa shape index (κ3) is 4.87. The van der Waals surface area contributed by atoms with Crippen LogP contribution in [0, 0.1) is 0 Å². The van der Waals surface area contributed by atoms with Crippen molar-refractivity contribution in [2.75, 3.05) is 0 Å². The summed E-state index contributed by atoms with van der Waals surface area (Å²) in [4.78, 5) is 0. The normalized spacial score (nSPS) is 16.4. The summed E-state index contributed by atoms with van der Waals surface area (Å²) in [5.41, 5.74) is 3.73. The molecule has 0 radical (unpaired) electrons. The Morgan fingerprint density at radius 3 is 2.58 bits per heavy atom. The van der Waals surface area contributed by atoms with Crippen LogP contribution in [0.3, 0.4) is 0 Å². The monoisotopic (exact) mass is 277 g/mol. The molecular formula is C14H19N3OS. The maximum Gasteiger partial charge on any atom is 0.187 e. The zero-order valence-electron chi connectivity index (χ0n) is 10.8. The quantitative estimate of drug-likeness (QED) is 0.451. The van der Waals surface area contributed by atoms with Crippen molar-refractivity contribution >= 4 is 23.5 Å². The first-order valence-electron chi connectivity index (χ1n) is 6.62. The molecule has 3 N–H and O–H groups in total. The SMILES string of the molecule is Oc1ccc(C=NNC(=S)NC2CCCCC2)cc1. The van der Waals surface area contributed by atoms with Crippen LogP contribution in [-0.2, 0) is 0 Å². The Balaban J connectivity index is 1.74. The number of hydrogen-bond acceptors (Lipinski definition) is 3. The van der Waals surface area contributed by atoms with E-state index in [1.165, 1.54) is 32.1 Å². The first-order chi connectivity index (χ1) is 9.24. The van der Waals surface area contributed by atoms with Crippen molar-refractivity contribution in [1.82, 2.24) is 10.7 Å². The second kappa shape index (κ2) is 7.09. The Morgan fingerprint density at radius 1 is 1.21 bits per heavy atom. The van der Waals surface area contributed by atoms with Crippen LogP contribution in [0.25, 0.3) is 0 Å². The van der Waals surface area contributed by atoms with E-state index in [0.29, 0.717) is 11.2 Å². The Hall–Kier alpha value is -1.62. The van der Waals surface area contributed by atoms with Crippen LogP contribution in [0.4, 0.5) is 0 Å². The van der Waals surface area contributed by atoms with E-state index in [-0.39, 0.29) is 5.75 Å². The van der Waals surface area contributed by atoms with Crippen LogP contribution in [0.15, 0.2) is 29.4 Å². The van der Waals surface area contributed by atoms with Crippen molar-refractivity contribution in [3.8, 4) is 5.75 Å². The summed E-state index contributed by atoms with van der Waals surface area (Å²) in [6.07, 6.45) is 7.92. The van der Waals surface area contributed by atoms with E-state index >= 15 is 0 Å². The molecule has 102 valence electrons. The minimum Gasteiger partial charge on any atom is -0.508 e. The lowest BCUT2D eigenvalue weighted by atomic mass is 9.96. The first kappa shape index (κ1) is 13.8. The predicted molar refractivity (Wildman–Crippen MR) is 81.4 cm³/mol. The fourth-order valence-electron chi connectivity index (χ4n) is 2.19. The van der Waals surface area contributed by atoms with Crippen LogP contribution in [0.5, 0.6) is 5.75 Å². The van der Waals surface area contributed by atoms with Gasteiger partial charge in [0.1, 0.15) is 5.75 Å². The maximum absolute atomic E-state index is 9.16. The van der Waals surface area contributed by atoms with E-state index < -0.39 is 0 Å². The second-order valence-electron chi connectivity index (χ2n) is 4.77. The van der Waals surface area contributed by atoms with E-state index in [2.05, 4.69) is 15.8 Å². The zero-order valence-corrected chi connectivity index (χ0v) is 11.6. The highest BCUT2D eigenvalue weighted by Gasteiger charge is 2.13. The van der Waals surface area contributed by atoms with Crippen molar-refractivity contribution in [3.05, 3.63) is 29.8 Å². The van der Waals surface area contributed by atoms with Gasteiger partial charge in [-0.15, -0.1) is 0 Å². The number of benzene rings is 1. The van der Waals surface area contributed by atoms with Crippen molar-refractivity contribution in [1.29, 1.82) is 0 Å². The van der Waals surface area contributed by atoms with Gasteiger partial charge in [-0.25, -0.2) is 0 Å². The molecule has 1 aromatic rings. The molecule has 0 bridgehead atoms. The number of phenols is 1. The highest BCUT2D eigenvalue weighted by molar-refractivity contribution is 7.80. The molecular weight excluding hydrogens is 258 g/mol. The van der Waals surface area contributed by atoms with Gasteiger partial charge in [0.05, 0.1) is 6.21 Å². The molecule has 0 spiro atoms. The molecule has 0 unspecified atom stereocenters.